The average molecular weight is 494 g/mol. The number of aromatic nitrogens is 2. The molecule has 0 aliphatic carbocycles. The lowest BCUT2D eigenvalue weighted by Crippen LogP contribution is -2.17. The van der Waals surface area contributed by atoms with Crippen molar-refractivity contribution in [2.75, 3.05) is 17.7 Å². The molecule has 37 heavy (non-hydrogen) atoms. The van der Waals surface area contributed by atoms with Crippen LogP contribution < -0.4 is 16.0 Å². The molecular weight excluding hydrogens is 462 g/mol. The van der Waals surface area contributed by atoms with E-state index in [4.69, 9.17) is 0 Å². The third-order valence-electron chi connectivity index (χ3n) is 6.16. The predicted octanol–water partition coefficient (Wildman–Crippen LogP) is 6.11. The molecule has 0 saturated heterocycles. The molecule has 0 fully saturated rings. The molecule has 2 amide bonds. The van der Waals surface area contributed by atoms with Gasteiger partial charge in [-0.25, -0.2) is 9.97 Å². The van der Waals surface area contributed by atoms with Crippen molar-refractivity contribution in [1.82, 2.24) is 15.3 Å². The monoisotopic (exact) mass is 493 g/mol. The van der Waals surface area contributed by atoms with Gasteiger partial charge >= 0.3 is 0 Å². The first-order chi connectivity index (χ1) is 17.7. The first-order valence-corrected chi connectivity index (χ1v) is 12.1. The number of nitrogens with zero attached hydrogens (tertiary/aromatic N) is 2. The van der Waals surface area contributed by atoms with E-state index in [1.807, 2.05) is 55.5 Å². The minimum Gasteiger partial charge on any atom is -0.355 e. The highest BCUT2D eigenvalue weighted by Gasteiger charge is 2.16. The molecule has 1 heterocycles. The number of amides is 2. The summed E-state index contributed by atoms with van der Waals surface area (Å²) in [6, 6.07) is 22.4. The Labute approximate surface area is 217 Å². The Morgan fingerprint density at radius 1 is 0.811 bits per heavy atom. The van der Waals surface area contributed by atoms with Gasteiger partial charge in [0.25, 0.3) is 11.8 Å². The number of carbonyl (C=O) groups excluding carboxylic acids is 2. The second kappa shape index (κ2) is 10.6. The molecule has 1 aromatic heterocycles. The second-order valence-corrected chi connectivity index (χ2v) is 9.81. The van der Waals surface area contributed by atoms with Crippen LogP contribution in [0.5, 0.6) is 0 Å². The number of rotatable bonds is 6. The van der Waals surface area contributed by atoms with Gasteiger partial charge in [0.1, 0.15) is 0 Å². The van der Waals surface area contributed by atoms with Gasteiger partial charge in [-0.2, -0.15) is 0 Å². The normalized spacial score (nSPS) is 11.1. The van der Waals surface area contributed by atoms with Crippen LogP contribution in [0.15, 0.2) is 79.0 Å². The van der Waals surface area contributed by atoms with Crippen molar-refractivity contribution in [2.24, 2.45) is 0 Å². The van der Waals surface area contributed by atoms with Crippen molar-refractivity contribution in [3.8, 4) is 11.3 Å². The summed E-state index contributed by atoms with van der Waals surface area (Å²) >= 11 is 0. The zero-order chi connectivity index (χ0) is 26.6. The highest BCUT2D eigenvalue weighted by Crippen LogP contribution is 2.29. The lowest BCUT2D eigenvalue weighted by Gasteiger charge is -2.19. The quantitative estimate of drug-likeness (QED) is 0.301. The smallest absolute Gasteiger partial charge is 0.255 e. The van der Waals surface area contributed by atoms with E-state index in [0.29, 0.717) is 17.1 Å². The van der Waals surface area contributed by atoms with Crippen molar-refractivity contribution < 1.29 is 9.59 Å². The molecule has 0 atom stereocenters. The summed E-state index contributed by atoms with van der Waals surface area (Å²) in [5.74, 6) is 0.123. The second-order valence-electron chi connectivity index (χ2n) is 9.81. The number of carbonyl (C=O) groups is 2. The summed E-state index contributed by atoms with van der Waals surface area (Å²) < 4.78 is 0. The zero-order valence-electron chi connectivity index (χ0n) is 21.7. The Morgan fingerprint density at radius 2 is 1.46 bits per heavy atom. The Bertz CT molecular complexity index is 1420. The van der Waals surface area contributed by atoms with Gasteiger partial charge in [-0.1, -0.05) is 45.0 Å². The first-order valence-electron chi connectivity index (χ1n) is 12.1. The maximum Gasteiger partial charge on any atom is 0.255 e. The fraction of sp³-hybridized carbons (Fsp3) is 0.200. The Morgan fingerprint density at radius 3 is 2.11 bits per heavy atom. The number of nitrogens with one attached hydrogen (secondary N) is 3. The molecule has 4 rings (SSSR count). The highest BCUT2D eigenvalue weighted by atomic mass is 16.2. The third-order valence-corrected chi connectivity index (χ3v) is 6.16. The molecule has 0 aliphatic rings. The van der Waals surface area contributed by atoms with E-state index in [0.717, 1.165) is 28.2 Å². The van der Waals surface area contributed by atoms with E-state index in [1.54, 1.807) is 37.5 Å². The van der Waals surface area contributed by atoms with Gasteiger partial charge in [0.2, 0.25) is 5.95 Å². The number of anilines is 3. The summed E-state index contributed by atoms with van der Waals surface area (Å²) in [7, 11) is 1.60. The lowest BCUT2D eigenvalue weighted by molar-refractivity contribution is 0.0962. The van der Waals surface area contributed by atoms with E-state index >= 15 is 0 Å². The standard InChI is InChI=1S/C30H31N5O2/c1-19-24(7-6-8-25(19)34-28(37)21-9-13-22(14-10-21)30(2,3)4)26-17-18-32-29(35-26)33-23-15-11-20(12-16-23)27(36)31-5/h6-18H,1-5H3,(H,31,36)(H,34,37)(H,32,33,35). The molecule has 0 bridgehead atoms. The molecule has 188 valence electrons. The fourth-order valence-corrected chi connectivity index (χ4v) is 3.91. The maximum absolute atomic E-state index is 12.9. The van der Waals surface area contributed by atoms with E-state index in [1.165, 1.54) is 5.56 Å². The van der Waals surface area contributed by atoms with Crippen LogP contribution in [0.3, 0.4) is 0 Å². The SMILES string of the molecule is CNC(=O)c1ccc(Nc2nccc(-c3cccc(NC(=O)c4ccc(C(C)(C)C)cc4)c3C)n2)cc1. The van der Waals surface area contributed by atoms with Crippen molar-refractivity contribution in [1.29, 1.82) is 0 Å². The molecule has 7 nitrogen and oxygen atoms in total. The van der Waals surface area contributed by atoms with Crippen LogP contribution in [-0.2, 0) is 5.41 Å². The van der Waals surface area contributed by atoms with E-state index in [-0.39, 0.29) is 17.2 Å². The highest BCUT2D eigenvalue weighted by molar-refractivity contribution is 6.05. The van der Waals surface area contributed by atoms with Crippen molar-refractivity contribution >= 4 is 29.1 Å². The summed E-state index contributed by atoms with van der Waals surface area (Å²) in [6.07, 6.45) is 1.69. The largest absolute Gasteiger partial charge is 0.355 e. The topological polar surface area (TPSA) is 96.0 Å². The minimum atomic E-state index is -0.161. The first kappa shape index (κ1) is 25.6. The van der Waals surface area contributed by atoms with Crippen LogP contribution in [0.4, 0.5) is 17.3 Å². The minimum absolute atomic E-state index is 0.0280. The van der Waals surface area contributed by atoms with Crippen LogP contribution in [-0.4, -0.2) is 28.8 Å². The van der Waals surface area contributed by atoms with Gasteiger partial charge in [0.15, 0.2) is 0 Å². The molecule has 4 aromatic rings. The molecule has 0 unspecified atom stereocenters. The van der Waals surface area contributed by atoms with E-state index in [2.05, 4.69) is 46.7 Å². The van der Waals surface area contributed by atoms with Gasteiger partial charge in [-0.15, -0.1) is 0 Å². The van der Waals surface area contributed by atoms with Crippen molar-refractivity contribution in [3.63, 3.8) is 0 Å². The third kappa shape index (κ3) is 6.01. The zero-order valence-corrected chi connectivity index (χ0v) is 21.7. The molecule has 0 saturated carbocycles. The fourth-order valence-electron chi connectivity index (χ4n) is 3.91. The van der Waals surface area contributed by atoms with E-state index in [9.17, 15) is 9.59 Å². The Hall–Kier alpha value is -4.52. The van der Waals surface area contributed by atoms with Gasteiger partial charge in [-0.05, 0) is 72.0 Å². The molecule has 0 radical (unpaired) electrons. The number of benzene rings is 3. The van der Waals surface area contributed by atoms with Crippen LogP contribution in [0.25, 0.3) is 11.3 Å². The molecule has 3 aromatic carbocycles. The van der Waals surface area contributed by atoms with Crippen molar-refractivity contribution in [2.45, 2.75) is 33.1 Å². The summed E-state index contributed by atoms with van der Waals surface area (Å²) in [5.41, 5.74) is 6.39. The summed E-state index contributed by atoms with van der Waals surface area (Å²) in [6.45, 7) is 8.40. The van der Waals surface area contributed by atoms with Crippen molar-refractivity contribution in [3.05, 3.63) is 101 Å². The Kier molecular flexibility index (Phi) is 7.34. The molecule has 0 spiro atoms. The average Bonchev–Trinajstić information content (AvgIpc) is 2.89. The van der Waals surface area contributed by atoms with Crippen LogP contribution in [0.1, 0.15) is 52.6 Å². The van der Waals surface area contributed by atoms with Gasteiger partial charge in [-0.3, -0.25) is 9.59 Å². The molecule has 3 N–H and O–H groups in total. The summed E-state index contributed by atoms with van der Waals surface area (Å²) in [5, 5.41) is 8.82. The predicted molar refractivity (Wildman–Crippen MR) is 148 cm³/mol. The lowest BCUT2D eigenvalue weighted by atomic mass is 9.86. The maximum atomic E-state index is 12.9. The Balaban J connectivity index is 1.52. The van der Waals surface area contributed by atoms with Crippen LogP contribution in [0.2, 0.25) is 0 Å². The van der Waals surface area contributed by atoms with Gasteiger partial charge in [0, 0.05) is 41.3 Å². The van der Waals surface area contributed by atoms with Gasteiger partial charge in [0.05, 0.1) is 5.69 Å². The number of hydrogen-bond acceptors (Lipinski definition) is 5. The molecule has 7 heteroatoms. The van der Waals surface area contributed by atoms with E-state index < -0.39 is 0 Å². The molecular formula is C30H31N5O2. The molecule has 0 aliphatic heterocycles. The van der Waals surface area contributed by atoms with Crippen LogP contribution in [0, 0.1) is 6.92 Å². The van der Waals surface area contributed by atoms with Gasteiger partial charge < -0.3 is 16.0 Å². The number of hydrogen-bond donors (Lipinski definition) is 3. The van der Waals surface area contributed by atoms with Crippen LogP contribution >= 0.6 is 0 Å². The summed E-state index contributed by atoms with van der Waals surface area (Å²) in [4.78, 5) is 33.7.